The largest absolute Gasteiger partial charge is 0.347 e. The van der Waals surface area contributed by atoms with Crippen LogP contribution < -0.4 is 10.6 Å². The molecule has 0 aromatic heterocycles. The van der Waals surface area contributed by atoms with E-state index in [9.17, 15) is 18.4 Å². The minimum atomic E-state index is -0.765. The van der Waals surface area contributed by atoms with Crippen molar-refractivity contribution in [2.24, 2.45) is 5.92 Å². The zero-order valence-electron chi connectivity index (χ0n) is 25.0. The average Bonchev–Trinajstić information content (AvgIpc) is 2.90. The predicted molar refractivity (Wildman–Crippen MR) is 165 cm³/mol. The van der Waals surface area contributed by atoms with Gasteiger partial charge >= 0.3 is 0 Å². The second-order valence-electron chi connectivity index (χ2n) is 12.6. The van der Waals surface area contributed by atoms with Crippen LogP contribution in [0, 0.1) is 17.6 Å². The maximum Gasteiger partial charge on any atom is 0.251 e. The predicted octanol–water partition coefficient (Wildman–Crippen LogP) is 7.16. The van der Waals surface area contributed by atoms with Crippen LogP contribution in [0.5, 0.6) is 0 Å². The lowest BCUT2D eigenvalue weighted by Gasteiger charge is -2.54. The van der Waals surface area contributed by atoms with E-state index in [0.717, 1.165) is 30.4 Å². The molecule has 1 saturated heterocycles. The highest BCUT2D eigenvalue weighted by atomic mass is 35.5. The van der Waals surface area contributed by atoms with Crippen molar-refractivity contribution in [3.63, 3.8) is 0 Å². The maximum absolute atomic E-state index is 14.5. The molecule has 0 spiro atoms. The van der Waals surface area contributed by atoms with Gasteiger partial charge in [0, 0.05) is 41.4 Å². The minimum absolute atomic E-state index is 0.104. The molecule has 0 atom stereocenters. The quantitative estimate of drug-likeness (QED) is 0.226. The third-order valence-corrected chi connectivity index (χ3v) is 8.92. The Morgan fingerprint density at radius 2 is 1.81 bits per heavy atom. The number of halogens is 3. The number of likely N-dealkylation sites (tertiary alicyclic amines) is 1. The van der Waals surface area contributed by atoms with Crippen LogP contribution in [0.25, 0.3) is 5.57 Å². The Morgan fingerprint density at radius 1 is 1.12 bits per heavy atom. The first-order chi connectivity index (χ1) is 19.8. The van der Waals surface area contributed by atoms with Crippen molar-refractivity contribution in [2.45, 2.75) is 83.3 Å². The number of rotatable bonds is 10. The number of benzene rings is 2. The molecule has 1 aliphatic carbocycles. The van der Waals surface area contributed by atoms with Crippen molar-refractivity contribution in [1.29, 1.82) is 0 Å². The second-order valence-corrected chi connectivity index (χ2v) is 13.0. The fraction of sp³-hybridized carbons (Fsp3) is 0.471. The number of hydrogen-bond acceptors (Lipinski definition) is 3. The molecule has 2 aromatic carbocycles. The first-order valence-corrected chi connectivity index (χ1v) is 15.2. The van der Waals surface area contributed by atoms with Gasteiger partial charge in [0.25, 0.3) is 5.91 Å². The molecule has 2 aromatic rings. The smallest absolute Gasteiger partial charge is 0.251 e. The van der Waals surface area contributed by atoms with Gasteiger partial charge in [0.15, 0.2) is 0 Å². The summed E-state index contributed by atoms with van der Waals surface area (Å²) in [5.74, 6) is -1.23. The zero-order chi connectivity index (χ0) is 30.7. The number of carbonyl (C=O) groups is 2. The van der Waals surface area contributed by atoms with Gasteiger partial charge in [-0.15, -0.1) is 0 Å². The molecular weight excluding hydrogens is 556 g/mol. The van der Waals surface area contributed by atoms with Crippen LogP contribution in [-0.4, -0.2) is 41.4 Å². The van der Waals surface area contributed by atoms with E-state index in [1.54, 1.807) is 12.1 Å². The lowest BCUT2D eigenvalue weighted by molar-refractivity contribution is -0.130. The van der Waals surface area contributed by atoms with Crippen molar-refractivity contribution in [2.75, 3.05) is 13.1 Å². The molecule has 2 aliphatic rings. The van der Waals surface area contributed by atoms with Crippen LogP contribution in [0.2, 0.25) is 5.02 Å². The summed E-state index contributed by atoms with van der Waals surface area (Å²) in [6, 6.07) is 11.2. The molecule has 2 amide bonds. The molecule has 4 rings (SSSR count). The van der Waals surface area contributed by atoms with E-state index in [1.165, 1.54) is 25.0 Å². The normalized spacial score (nSPS) is 20.9. The molecule has 2 fully saturated rings. The number of carbonyl (C=O) groups excluding carboxylic acids is 2. The van der Waals surface area contributed by atoms with Crippen molar-refractivity contribution < 1.29 is 18.4 Å². The Bertz CT molecular complexity index is 1360. The lowest BCUT2D eigenvalue weighted by atomic mass is 9.79. The van der Waals surface area contributed by atoms with Gasteiger partial charge in [0.05, 0.1) is 17.5 Å². The fourth-order valence-corrected chi connectivity index (χ4v) is 6.39. The van der Waals surface area contributed by atoms with Gasteiger partial charge in [-0.05, 0) is 93.3 Å². The molecule has 0 radical (unpaired) electrons. The molecule has 1 heterocycles. The second kappa shape index (κ2) is 13.1. The molecule has 0 unspecified atom stereocenters. The highest BCUT2D eigenvalue weighted by Gasteiger charge is 2.48. The lowest BCUT2D eigenvalue weighted by Crippen LogP contribution is -2.73. The van der Waals surface area contributed by atoms with Gasteiger partial charge in [-0.1, -0.05) is 44.2 Å². The standard InChI is InChI=1S/C34H42ClF2N3O2/c1-6-24(29-15-12-27(36)18-30(29)37)16-23(3)32(42)39-34(20-40(21-34)28-13-10-22(2)11-14-28)19-31(41)38-33(4,5)25-8-7-9-26(35)17-25/h7-9,12,15-18,22,28H,3,6,10-11,13-14,19-21H2,1-2,4-5H3,(H,38,41)(H,39,42)/b24-16+. The summed E-state index contributed by atoms with van der Waals surface area (Å²) in [7, 11) is 0. The Balaban J connectivity index is 1.50. The average molecular weight is 598 g/mol. The van der Waals surface area contributed by atoms with Gasteiger partial charge in [-0.2, -0.15) is 0 Å². The summed E-state index contributed by atoms with van der Waals surface area (Å²) in [6.45, 7) is 13.0. The molecule has 5 nitrogen and oxygen atoms in total. The van der Waals surface area contributed by atoms with E-state index in [-0.39, 0.29) is 23.5 Å². The van der Waals surface area contributed by atoms with Gasteiger partial charge in [-0.3, -0.25) is 14.5 Å². The van der Waals surface area contributed by atoms with Crippen LogP contribution in [0.15, 0.2) is 60.7 Å². The molecule has 42 heavy (non-hydrogen) atoms. The summed E-state index contributed by atoms with van der Waals surface area (Å²) in [4.78, 5) is 29.3. The Morgan fingerprint density at radius 3 is 2.43 bits per heavy atom. The highest BCUT2D eigenvalue weighted by molar-refractivity contribution is 6.30. The highest BCUT2D eigenvalue weighted by Crippen LogP contribution is 2.35. The molecular formula is C34H42ClF2N3O2. The van der Waals surface area contributed by atoms with Crippen LogP contribution in [0.3, 0.4) is 0 Å². The molecule has 226 valence electrons. The summed E-state index contributed by atoms with van der Waals surface area (Å²) in [5, 5.41) is 6.83. The number of allylic oxidation sites excluding steroid dienone is 1. The minimum Gasteiger partial charge on any atom is -0.347 e. The summed E-state index contributed by atoms with van der Waals surface area (Å²) in [5.41, 5.74) is 0.364. The van der Waals surface area contributed by atoms with Crippen LogP contribution >= 0.6 is 11.6 Å². The SMILES string of the molecule is C=C(/C=C(\CC)c1ccc(F)cc1F)C(=O)NC1(CC(=O)NC(C)(C)c2cccc(Cl)c2)CN(C2CCC(C)CC2)C1. The van der Waals surface area contributed by atoms with E-state index in [4.69, 9.17) is 11.6 Å². The van der Waals surface area contributed by atoms with Gasteiger partial charge in [0.1, 0.15) is 11.6 Å². The van der Waals surface area contributed by atoms with Crippen molar-refractivity contribution in [3.8, 4) is 0 Å². The molecule has 2 N–H and O–H groups in total. The fourth-order valence-electron chi connectivity index (χ4n) is 6.20. The molecule has 0 bridgehead atoms. The first-order valence-electron chi connectivity index (χ1n) is 14.8. The Hall–Kier alpha value is -3.03. The number of nitrogens with zero attached hydrogens (tertiary/aromatic N) is 1. The van der Waals surface area contributed by atoms with E-state index in [0.29, 0.717) is 36.1 Å². The van der Waals surface area contributed by atoms with E-state index >= 15 is 0 Å². The Kier molecular flexibility index (Phi) is 9.94. The van der Waals surface area contributed by atoms with Gasteiger partial charge in [-0.25, -0.2) is 8.78 Å². The van der Waals surface area contributed by atoms with E-state index < -0.39 is 28.6 Å². The third kappa shape index (κ3) is 7.67. The zero-order valence-corrected chi connectivity index (χ0v) is 25.8. The van der Waals surface area contributed by atoms with Gasteiger partial charge in [0.2, 0.25) is 5.91 Å². The maximum atomic E-state index is 14.5. The summed E-state index contributed by atoms with van der Waals surface area (Å²) < 4.78 is 27.9. The number of nitrogens with one attached hydrogen (secondary N) is 2. The van der Waals surface area contributed by atoms with Gasteiger partial charge < -0.3 is 10.6 Å². The number of amides is 2. The van der Waals surface area contributed by atoms with Crippen molar-refractivity contribution >= 4 is 29.0 Å². The van der Waals surface area contributed by atoms with E-state index in [2.05, 4.69) is 29.0 Å². The van der Waals surface area contributed by atoms with Crippen LogP contribution in [0.4, 0.5) is 8.78 Å². The van der Waals surface area contributed by atoms with Crippen molar-refractivity contribution in [3.05, 3.63) is 88.5 Å². The topological polar surface area (TPSA) is 61.4 Å². The summed E-state index contributed by atoms with van der Waals surface area (Å²) >= 11 is 6.20. The van der Waals surface area contributed by atoms with Crippen LogP contribution in [0.1, 0.15) is 77.3 Å². The third-order valence-electron chi connectivity index (χ3n) is 8.69. The molecule has 1 saturated carbocycles. The molecule has 1 aliphatic heterocycles. The van der Waals surface area contributed by atoms with E-state index in [1.807, 2.05) is 39.0 Å². The van der Waals surface area contributed by atoms with Crippen LogP contribution in [-0.2, 0) is 15.1 Å². The summed E-state index contributed by atoms with van der Waals surface area (Å²) in [6.07, 6.45) is 6.64. The monoisotopic (exact) mass is 597 g/mol. The Labute approximate surface area is 253 Å². The first kappa shape index (κ1) is 31.9. The van der Waals surface area contributed by atoms with Crippen molar-refractivity contribution in [1.82, 2.24) is 15.5 Å². The number of hydrogen-bond donors (Lipinski definition) is 2. The molecule has 8 heteroatoms.